The second-order valence-corrected chi connectivity index (χ2v) is 8.24. The van der Waals surface area contributed by atoms with Crippen molar-refractivity contribution in [2.75, 3.05) is 31.5 Å². The summed E-state index contributed by atoms with van der Waals surface area (Å²) in [5.74, 6) is 0.541. The van der Waals surface area contributed by atoms with Crippen molar-refractivity contribution in [3.63, 3.8) is 0 Å². The summed E-state index contributed by atoms with van der Waals surface area (Å²) in [6, 6.07) is 17.1. The Labute approximate surface area is 189 Å². The lowest BCUT2D eigenvalue weighted by atomic mass is 10.1. The van der Waals surface area contributed by atoms with E-state index in [-0.39, 0.29) is 5.56 Å². The fourth-order valence-corrected chi connectivity index (χ4v) is 3.95. The minimum Gasteiger partial charge on any atom is -0.489 e. The number of rotatable bonds is 9. The maximum absolute atomic E-state index is 12.7. The fraction of sp³-hybridized carbons (Fsp3) is 0.308. The summed E-state index contributed by atoms with van der Waals surface area (Å²) in [5, 5.41) is 11.2. The van der Waals surface area contributed by atoms with Gasteiger partial charge in [-0.2, -0.15) is 0 Å². The van der Waals surface area contributed by atoms with E-state index in [0.717, 1.165) is 35.6 Å². The molecule has 32 heavy (non-hydrogen) atoms. The zero-order valence-electron chi connectivity index (χ0n) is 18.5. The molecule has 0 aliphatic carbocycles. The molecular weight excluding hydrogens is 400 g/mol. The molecule has 1 aliphatic rings. The van der Waals surface area contributed by atoms with Gasteiger partial charge in [0, 0.05) is 48.5 Å². The Morgan fingerprint density at radius 3 is 2.56 bits per heavy atom. The van der Waals surface area contributed by atoms with Gasteiger partial charge in [-0.05, 0) is 62.7 Å². The Balaban J connectivity index is 1.42. The van der Waals surface area contributed by atoms with Crippen molar-refractivity contribution in [2.45, 2.75) is 26.4 Å². The van der Waals surface area contributed by atoms with Crippen LogP contribution in [0.2, 0.25) is 0 Å². The number of anilines is 1. The van der Waals surface area contributed by atoms with Crippen LogP contribution in [0.1, 0.15) is 29.5 Å². The highest BCUT2D eigenvalue weighted by Gasteiger charge is 2.11. The SMILES string of the molecule is Cc1ccc(COc2ccn(-c3ccc(NCCN4CCCC4)c(C=N)c3)c(=O)c2)cc1. The summed E-state index contributed by atoms with van der Waals surface area (Å²) < 4.78 is 7.36. The highest BCUT2D eigenvalue weighted by atomic mass is 16.5. The third-order valence-corrected chi connectivity index (χ3v) is 5.83. The lowest BCUT2D eigenvalue weighted by molar-refractivity contribution is 0.305. The van der Waals surface area contributed by atoms with Crippen LogP contribution in [0.3, 0.4) is 0 Å². The van der Waals surface area contributed by atoms with Gasteiger partial charge in [-0.15, -0.1) is 0 Å². The van der Waals surface area contributed by atoms with Crippen LogP contribution < -0.4 is 15.6 Å². The molecule has 0 bridgehead atoms. The molecule has 1 saturated heterocycles. The molecule has 6 nitrogen and oxygen atoms in total. The van der Waals surface area contributed by atoms with Crippen molar-refractivity contribution >= 4 is 11.9 Å². The van der Waals surface area contributed by atoms with Crippen molar-refractivity contribution in [3.8, 4) is 11.4 Å². The largest absolute Gasteiger partial charge is 0.489 e. The highest BCUT2D eigenvalue weighted by Crippen LogP contribution is 2.19. The third-order valence-electron chi connectivity index (χ3n) is 5.83. The topological polar surface area (TPSA) is 70.3 Å². The van der Waals surface area contributed by atoms with Gasteiger partial charge in [-0.1, -0.05) is 29.8 Å². The fourth-order valence-electron chi connectivity index (χ4n) is 3.95. The van der Waals surface area contributed by atoms with Crippen LogP contribution >= 0.6 is 0 Å². The van der Waals surface area contributed by atoms with E-state index in [2.05, 4.69) is 10.2 Å². The summed E-state index contributed by atoms with van der Waals surface area (Å²) in [5.41, 5.74) is 4.49. The minimum absolute atomic E-state index is 0.169. The number of aryl methyl sites for hydroxylation is 1. The third kappa shape index (κ3) is 5.45. The number of nitrogens with one attached hydrogen (secondary N) is 2. The van der Waals surface area contributed by atoms with Crippen molar-refractivity contribution in [1.29, 1.82) is 5.41 Å². The first-order chi connectivity index (χ1) is 15.6. The van der Waals surface area contributed by atoms with Gasteiger partial charge in [-0.3, -0.25) is 9.36 Å². The summed E-state index contributed by atoms with van der Waals surface area (Å²) in [6.45, 7) is 6.65. The van der Waals surface area contributed by atoms with Gasteiger partial charge >= 0.3 is 0 Å². The number of hydrogen-bond acceptors (Lipinski definition) is 5. The van der Waals surface area contributed by atoms with Crippen molar-refractivity contribution in [1.82, 2.24) is 9.47 Å². The monoisotopic (exact) mass is 430 g/mol. The Bertz CT molecular complexity index is 1120. The standard InChI is InChI=1S/C26H30N4O2/c1-20-4-6-21(7-5-20)19-32-24-10-14-30(26(31)17-24)23-8-9-25(22(16-23)18-27)28-11-15-29-12-2-3-13-29/h4-10,14,16-18,27-28H,2-3,11-13,15,19H2,1H3. The average Bonchev–Trinajstić information content (AvgIpc) is 3.33. The van der Waals surface area contributed by atoms with Crippen molar-refractivity contribution < 1.29 is 4.74 Å². The summed E-state index contributed by atoms with van der Waals surface area (Å²) in [7, 11) is 0. The molecule has 0 radical (unpaired) electrons. The first-order valence-corrected chi connectivity index (χ1v) is 11.1. The van der Waals surface area contributed by atoms with E-state index in [9.17, 15) is 4.79 Å². The van der Waals surface area contributed by atoms with Gasteiger partial charge in [0.15, 0.2) is 0 Å². The highest BCUT2D eigenvalue weighted by molar-refractivity contribution is 5.86. The van der Waals surface area contributed by atoms with E-state index in [1.54, 1.807) is 16.8 Å². The Hall–Kier alpha value is -3.38. The van der Waals surface area contributed by atoms with Crippen molar-refractivity contribution in [2.24, 2.45) is 0 Å². The molecule has 0 saturated carbocycles. The summed E-state index contributed by atoms with van der Waals surface area (Å²) in [6.07, 6.45) is 5.61. The second kappa shape index (κ2) is 10.3. The van der Waals surface area contributed by atoms with E-state index >= 15 is 0 Å². The Morgan fingerprint density at radius 1 is 1.06 bits per heavy atom. The number of benzene rings is 2. The van der Waals surface area contributed by atoms with Gasteiger partial charge in [0.2, 0.25) is 0 Å². The van der Waals surface area contributed by atoms with Crippen LogP contribution in [-0.2, 0) is 6.61 Å². The number of aromatic nitrogens is 1. The van der Waals surface area contributed by atoms with E-state index in [0.29, 0.717) is 12.4 Å². The quantitative estimate of drug-likeness (QED) is 0.499. The number of nitrogens with zero attached hydrogens (tertiary/aromatic N) is 2. The molecule has 1 fully saturated rings. The Morgan fingerprint density at radius 2 is 1.84 bits per heavy atom. The molecule has 1 aromatic heterocycles. The molecule has 2 aromatic carbocycles. The maximum atomic E-state index is 12.7. The van der Waals surface area contributed by atoms with Gasteiger partial charge in [0.25, 0.3) is 5.56 Å². The van der Waals surface area contributed by atoms with E-state index in [4.69, 9.17) is 10.1 Å². The smallest absolute Gasteiger partial charge is 0.258 e. The minimum atomic E-state index is -0.169. The molecule has 4 rings (SSSR count). The second-order valence-electron chi connectivity index (χ2n) is 8.24. The molecule has 2 N–H and O–H groups in total. The van der Waals surface area contributed by atoms with E-state index in [1.165, 1.54) is 43.8 Å². The summed E-state index contributed by atoms with van der Waals surface area (Å²) in [4.78, 5) is 15.2. The first-order valence-electron chi connectivity index (χ1n) is 11.1. The van der Waals surface area contributed by atoms with Gasteiger partial charge in [-0.25, -0.2) is 0 Å². The molecule has 0 unspecified atom stereocenters. The van der Waals surface area contributed by atoms with Crippen LogP contribution in [0.15, 0.2) is 65.6 Å². The van der Waals surface area contributed by atoms with Gasteiger partial charge in [0.1, 0.15) is 12.4 Å². The number of ether oxygens (including phenoxy) is 1. The molecular formula is C26H30N4O2. The van der Waals surface area contributed by atoms with Crippen molar-refractivity contribution in [3.05, 3.63) is 87.8 Å². The zero-order valence-corrected chi connectivity index (χ0v) is 18.5. The summed E-state index contributed by atoms with van der Waals surface area (Å²) >= 11 is 0. The van der Waals surface area contributed by atoms with Crippen LogP contribution in [-0.4, -0.2) is 41.9 Å². The van der Waals surface area contributed by atoms with Crippen LogP contribution in [0, 0.1) is 12.3 Å². The predicted octanol–water partition coefficient (Wildman–Crippen LogP) is 4.23. The van der Waals surface area contributed by atoms with E-state index in [1.807, 2.05) is 49.4 Å². The zero-order chi connectivity index (χ0) is 22.3. The van der Waals surface area contributed by atoms with Crippen LogP contribution in [0.5, 0.6) is 5.75 Å². The number of pyridine rings is 1. The number of hydrogen-bond donors (Lipinski definition) is 2. The first kappa shape index (κ1) is 21.8. The molecule has 166 valence electrons. The number of likely N-dealkylation sites (tertiary alicyclic amines) is 1. The van der Waals surface area contributed by atoms with E-state index < -0.39 is 0 Å². The molecule has 1 aliphatic heterocycles. The Kier molecular flexibility index (Phi) is 7.02. The van der Waals surface area contributed by atoms with Gasteiger partial charge in [0.05, 0.1) is 0 Å². The normalized spacial score (nSPS) is 13.8. The van der Waals surface area contributed by atoms with Gasteiger partial charge < -0.3 is 20.4 Å². The lowest BCUT2D eigenvalue weighted by Gasteiger charge is -2.17. The average molecular weight is 431 g/mol. The molecule has 6 heteroatoms. The molecule has 0 atom stereocenters. The predicted molar refractivity (Wildman–Crippen MR) is 130 cm³/mol. The van der Waals surface area contributed by atoms with Crippen LogP contribution in [0.25, 0.3) is 5.69 Å². The lowest BCUT2D eigenvalue weighted by Crippen LogP contribution is -2.26. The maximum Gasteiger partial charge on any atom is 0.258 e. The molecule has 2 heterocycles. The van der Waals surface area contributed by atoms with Crippen LogP contribution in [0.4, 0.5) is 5.69 Å². The molecule has 0 amide bonds. The molecule has 0 spiro atoms. The molecule has 3 aromatic rings.